The Hall–Kier alpha value is -20.3. The topological polar surface area (TPSA) is 107 Å². The molecule has 30 rings (SSSR count). The van der Waals surface area contributed by atoms with Crippen molar-refractivity contribution in [3.8, 4) is 136 Å². The summed E-state index contributed by atoms with van der Waals surface area (Å²) in [6.45, 7) is 0. The first kappa shape index (κ1) is 87.5. The van der Waals surface area contributed by atoms with Crippen LogP contribution >= 0.6 is 0 Å². The van der Waals surface area contributed by atoms with Crippen molar-refractivity contribution in [3.63, 3.8) is 0 Å². The van der Waals surface area contributed by atoms with E-state index >= 15 is 0 Å². The Morgan fingerprint density at radius 2 is 0.313 bits per heavy atom. The first-order valence-electron chi connectivity index (χ1n) is 50.8. The zero-order valence-electron chi connectivity index (χ0n) is 81.3. The summed E-state index contributed by atoms with van der Waals surface area (Å²) in [5, 5.41) is 15.0. The molecule has 0 unspecified atom stereocenters. The molecule has 702 valence electrons. The number of aromatic nitrogens is 12. The molecule has 9 aromatic heterocycles. The quantitative estimate of drug-likeness (QED) is 0.101. The third kappa shape index (κ3) is 15.3. The Labute approximate surface area is 863 Å². The highest BCUT2D eigenvalue weighted by atomic mass is 15.0. The van der Waals surface area contributed by atoms with E-state index in [0.29, 0.717) is 17.5 Å². The molecule has 0 aliphatic carbocycles. The minimum absolute atomic E-state index is 0.714. The smallest absolute Gasteiger partial charge is 0.160 e. The van der Waals surface area contributed by atoms with Crippen LogP contribution in [0.5, 0.6) is 0 Å². The van der Waals surface area contributed by atoms with Crippen LogP contribution in [0.25, 0.3) is 267 Å². The molecule has 0 atom stereocenters. The van der Waals surface area contributed by atoms with Crippen molar-refractivity contribution >= 4 is 131 Å². The number of hydrogen-bond acceptors (Lipinski definition) is 6. The van der Waals surface area contributed by atoms with Gasteiger partial charge in [0.25, 0.3) is 0 Å². The summed E-state index contributed by atoms with van der Waals surface area (Å²) in [5.74, 6) is 2.14. The second-order valence-corrected chi connectivity index (χ2v) is 37.9. The van der Waals surface area contributed by atoms with Gasteiger partial charge >= 0.3 is 0 Å². The number of nitrogens with zero attached hydrogens (tertiary/aromatic N) is 12. The first-order chi connectivity index (χ1) is 74.4. The van der Waals surface area contributed by atoms with Crippen molar-refractivity contribution in [1.29, 1.82) is 0 Å². The molecule has 0 saturated heterocycles. The fraction of sp³-hybridized carbons (Fsp3) is 0. The Bertz CT molecular complexity index is 9990. The average molecular weight is 1920 g/mol. The van der Waals surface area contributed by atoms with Gasteiger partial charge < -0.3 is 27.4 Å². The molecule has 12 nitrogen and oxygen atoms in total. The third-order valence-electron chi connectivity index (χ3n) is 29.2. The van der Waals surface area contributed by atoms with E-state index in [0.717, 1.165) is 118 Å². The lowest BCUT2D eigenvalue weighted by Gasteiger charge is -2.12. The zero-order chi connectivity index (χ0) is 99.1. The van der Waals surface area contributed by atoms with E-state index in [4.69, 9.17) is 29.9 Å². The maximum Gasteiger partial charge on any atom is 0.160 e. The van der Waals surface area contributed by atoms with Gasteiger partial charge in [0, 0.05) is 149 Å². The van der Waals surface area contributed by atoms with E-state index in [-0.39, 0.29) is 0 Å². The number of fused-ring (bicyclic) bond motifs is 20. The highest BCUT2D eigenvalue weighted by Gasteiger charge is 2.27. The molecule has 0 N–H and O–H groups in total. The Morgan fingerprint density at radius 1 is 0.113 bits per heavy atom. The van der Waals surface area contributed by atoms with Gasteiger partial charge in [0.15, 0.2) is 17.5 Å². The van der Waals surface area contributed by atoms with Crippen molar-refractivity contribution in [2.45, 2.75) is 0 Å². The Balaban J connectivity index is 0.000000108. The molecule has 0 amide bonds. The fourth-order valence-electron chi connectivity index (χ4n) is 22.4. The summed E-state index contributed by atoms with van der Waals surface area (Å²) < 4.78 is 14.4. The lowest BCUT2D eigenvalue weighted by molar-refractivity contribution is 1.17. The molecule has 0 saturated carbocycles. The lowest BCUT2D eigenvalue weighted by atomic mass is 10.1. The van der Waals surface area contributed by atoms with E-state index < -0.39 is 0 Å². The molecule has 0 bridgehead atoms. The van der Waals surface area contributed by atoms with Gasteiger partial charge in [-0.1, -0.05) is 388 Å². The molecule has 0 spiro atoms. The van der Waals surface area contributed by atoms with Crippen molar-refractivity contribution in [2.75, 3.05) is 0 Å². The van der Waals surface area contributed by atoms with E-state index in [1.165, 1.54) is 131 Å². The van der Waals surface area contributed by atoms with Crippen LogP contribution in [0.15, 0.2) is 546 Å². The van der Waals surface area contributed by atoms with Gasteiger partial charge in [-0.3, -0.25) is 0 Å². The summed E-state index contributed by atoms with van der Waals surface area (Å²) >= 11 is 0. The summed E-state index contributed by atoms with van der Waals surface area (Å²) in [6, 6.07) is 193. The van der Waals surface area contributed by atoms with Gasteiger partial charge in [-0.25, -0.2) is 29.9 Å². The van der Waals surface area contributed by atoms with E-state index in [2.05, 4.69) is 464 Å². The molecule has 9 heterocycles. The Morgan fingerprint density at radius 3 is 0.613 bits per heavy atom. The van der Waals surface area contributed by atoms with Crippen molar-refractivity contribution in [3.05, 3.63) is 546 Å². The molecule has 0 aliphatic rings. The normalized spacial score (nSPS) is 11.6. The minimum atomic E-state index is 0.714. The summed E-state index contributed by atoms with van der Waals surface area (Å²) in [7, 11) is 0. The second-order valence-electron chi connectivity index (χ2n) is 37.9. The highest BCUT2D eigenvalue weighted by Crippen LogP contribution is 2.48. The summed E-state index contributed by atoms with van der Waals surface area (Å²) in [6.07, 6.45) is 0. The van der Waals surface area contributed by atoms with E-state index in [1.807, 2.05) is 109 Å². The number of benzene rings is 21. The second kappa shape index (κ2) is 37.1. The molecule has 30 aromatic rings. The minimum Gasteiger partial charge on any atom is -0.309 e. The molecule has 0 aliphatic heterocycles. The monoisotopic (exact) mass is 1910 g/mol. The standard InChI is InChI=1S/3C46H30N4/c1-4-14-31(15-5-1)40-30-41(48-46(47-40)33-16-6-2-7-17-33)32-24-26-35(27-25-32)50-43-23-13-11-21-37(43)39-28-44-38(29-45(39)50)36-20-10-12-22-42(36)49(44)34-18-8-3-9-19-34;1-4-14-31(15-5-1)39-30-40(48-46(47-39)33-16-6-2-7-17-33)32-24-26-35(27-25-32)49-42-23-13-11-21-38(42)44-43(49)29-28-37-36-20-10-12-22-41(36)50(45(37)44)34-18-8-3-9-19-34;1-4-14-31(15-5-1)38-30-39(48-46(47-38)33-16-6-2-7-17-33)32-24-26-35(27-25-32)50-41-23-13-11-21-37(41)45-43(50)29-28-42-44(45)36-20-10-12-22-40(36)49(42)34-18-8-3-9-19-34/h3*1-30H. The van der Waals surface area contributed by atoms with E-state index in [1.54, 1.807) is 0 Å². The molecule has 0 fully saturated rings. The fourth-order valence-corrected chi connectivity index (χ4v) is 22.4. The van der Waals surface area contributed by atoms with Crippen molar-refractivity contribution in [1.82, 2.24) is 57.3 Å². The predicted molar refractivity (Wildman–Crippen MR) is 621 cm³/mol. The molecule has 12 heteroatoms. The lowest BCUT2D eigenvalue weighted by Crippen LogP contribution is -1.97. The molecule has 150 heavy (non-hydrogen) atoms. The number of para-hydroxylation sites is 9. The van der Waals surface area contributed by atoms with Crippen molar-refractivity contribution < 1.29 is 0 Å². The third-order valence-corrected chi connectivity index (χ3v) is 29.2. The predicted octanol–water partition coefficient (Wildman–Crippen LogP) is 35.0. The Kier molecular flexibility index (Phi) is 21.6. The zero-order valence-corrected chi connectivity index (χ0v) is 81.3. The van der Waals surface area contributed by atoms with Crippen LogP contribution in [0.3, 0.4) is 0 Å². The van der Waals surface area contributed by atoms with Gasteiger partial charge in [-0.2, -0.15) is 0 Å². The summed E-state index contributed by atoms with van der Waals surface area (Å²) in [5.41, 5.74) is 35.8. The summed E-state index contributed by atoms with van der Waals surface area (Å²) in [4.78, 5) is 30.1. The van der Waals surface area contributed by atoms with Gasteiger partial charge in [-0.05, 0) is 158 Å². The molecular formula is C138H90N12. The first-order valence-corrected chi connectivity index (χ1v) is 50.8. The van der Waals surface area contributed by atoms with Crippen LogP contribution in [0.1, 0.15) is 0 Å². The van der Waals surface area contributed by atoms with Crippen LogP contribution < -0.4 is 0 Å². The van der Waals surface area contributed by atoms with E-state index in [9.17, 15) is 0 Å². The largest absolute Gasteiger partial charge is 0.309 e. The SMILES string of the molecule is c1ccc(-c2cc(-c3ccc(-n4c5ccccc5c5c4ccc4c6ccccc6n(-c6ccccc6)c45)cc3)nc(-c3ccccc3)n2)cc1.c1ccc(-c2cc(-c3ccc(-n4c5ccccc5c5c6c7ccccc7n(-c7ccccc7)c6ccc54)cc3)nc(-c3ccccc3)n2)cc1.c1ccc(-c2cc(-c3ccc(-n4c5ccccc5c5cc6c(cc54)c4ccccc4n6-c4ccccc4)cc3)nc(-c3ccccc3)n2)cc1. The van der Waals surface area contributed by atoms with Crippen molar-refractivity contribution in [2.24, 2.45) is 0 Å². The molecule has 0 radical (unpaired) electrons. The van der Waals surface area contributed by atoms with Crippen LogP contribution in [-0.4, -0.2) is 57.3 Å². The van der Waals surface area contributed by atoms with Gasteiger partial charge in [0.2, 0.25) is 0 Å². The van der Waals surface area contributed by atoms with Crippen LogP contribution in [0.4, 0.5) is 0 Å². The van der Waals surface area contributed by atoms with Crippen LogP contribution in [-0.2, 0) is 0 Å². The van der Waals surface area contributed by atoms with Gasteiger partial charge in [0.05, 0.1) is 100 Å². The average Bonchev–Trinajstić information content (AvgIpc) is 1.51. The van der Waals surface area contributed by atoms with Gasteiger partial charge in [-0.15, -0.1) is 0 Å². The maximum atomic E-state index is 5.06. The van der Waals surface area contributed by atoms with Crippen LogP contribution in [0, 0.1) is 0 Å². The number of hydrogen-bond donors (Lipinski definition) is 0. The van der Waals surface area contributed by atoms with Gasteiger partial charge in [0.1, 0.15) is 0 Å². The molecule has 21 aromatic carbocycles. The molecular weight excluding hydrogens is 1830 g/mol. The number of rotatable bonds is 15. The highest BCUT2D eigenvalue weighted by molar-refractivity contribution is 6.30. The van der Waals surface area contributed by atoms with Crippen LogP contribution in [0.2, 0.25) is 0 Å². The maximum absolute atomic E-state index is 5.06.